The number of halogens is 2. The quantitative estimate of drug-likeness (QED) is 0.592. The number of carbonyl (C=O) groups excluding carboxylic acids is 1. The van der Waals surface area contributed by atoms with Crippen LogP contribution in [0, 0.1) is 6.92 Å². The van der Waals surface area contributed by atoms with Gasteiger partial charge in [-0.25, -0.2) is 0 Å². The predicted octanol–water partition coefficient (Wildman–Crippen LogP) is 3.08. The van der Waals surface area contributed by atoms with E-state index in [9.17, 15) is 4.79 Å². The van der Waals surface area contributed by atoms with Crippen LogP contribution in [0.2, 0.25) is 5.02 Å². The first-order valence-corrected chi connectivity index (χ1v) is 4.94. The van der Waals surface area contributed by atoms with E-state index in [0.29, 0.717) is 16.3 Å². The Hall–Kier alpha value is -0.730. The zero-order chi connectivity index (χ0) is 10.7. The Balaban J connectivity index is 3.24. The maximum absolute atomic E-state index is 11.4. The lowest BCUT2D eigenvalue weighted by molar-refractivity contribution is 0.102. The maximum atomic E-state index is 11.4. The summed E-state index contributed by atoms with van der Waals surface area (Å²) in [6.07, 6.45) is 0. The summed E-state index contributed by atoms with van der Waals surface area (Å²) < 4.78 is 5.01. The van der Waals surface area contributed by atoms with E-state index in [2.05, 4.69) is 0 Å². The highest BCUT2D eigenvalue weighted by Crippen LogP contribution is 2.28. The highest BCUT2D eigenvalue weighted by Gasteiger charge is 2.11. The minimum Gasteiger partial charge on any atom is -0.495 e. The first-order chi connectivity index (χ1) is 6.60. The molecular formula is C10H10Cl2O2. The van der Waals surface area contributed by atoms with Crippen LogP contribution in [0.25, 0.3) is 0 Å². The summed E-state index contributed by atoms with van der Waals surface area (Å²) in [5.74, 6) is 0.330. The van der Waals surface area contributed by atoms with Crippen molar-refractivity contribution in [2.24, 2.45) is 0 Å². The van der Waals surface area contributed by atoms with Crippen LogP contribution < -0.4 is 4.74 Å². The summed E-state index contributed by atoms with van der Waals surface area (Å²) in [6, 6.07) is 3.31. The number of methoxy groups -OCH3 is 1. The topological polar surface area (TPSA) is 26.3 Å². The van der Waals surface area contributed by atoms with Gasteiger partial charge in [0, 0.05) is 5.56 Å². The van der Waals surface area contributed by atoms with Crippen molar-refractivity contribution in [1.82, 2.24) is 0 Å². The first-order valence-electron chi connectivity index (χ1n) is 4.03. The molecule has 0 saturated heterocycles. The van der Waals surface area contributed by atoms with E-state index in [1.807, 2.05) is 6.92 Å². The number of hydrogen-bond acceptors (Lipinski definition) is 2. The Morgan fingerprint density at radius 2 is 2.14 bits per heavy atom. The average Bonchev–Trinajstić information content (AvgIpc) is 2.17. The van der Waals surface area contributed by atoms with Gasteiger partial charge in [-0.05, 0) is 24.6 Å². The molecule has 0 saturated carbocycles. The van der Waals surface area contributed by atoms with E-state index in [1.165, 1.54) is 7.11 Å². The van der Waals surface area contributed by atoms with Gasteiger partial charge in [-0.3, -0.25) is 4.79 Å². The van der Waals surface area contributed by atoms with Crippen molar-refractivity contribution in [2.75, 3.05) is 13.0 Å². The van der Waals surface area contributed by atoms with Crippen molar-refractivity contribution in [3.05, 3.63) is 28.3 Å². The van der Waals surface area contributed by atoms with Gasteiger partial charge in [0.25, 0.3) is 0 Å². The van der Waals surface area contributed by atoms with Crippen LogP contribution in [0.15, 0.2) is 12.1 Å². The minimum absolute atomic E-state index is 0.0361. The predicted molar refractivity (Wildman–Crippen MR) is 57.8 cm³/mol. The maximum Gasteiger partial charge on any atom is 0.177 e. The minimum atomic E-state index is -0.126. The third-order valence-corrected chi connectivity index (χ3v) is 2.46. The molecule has 0 atom stereocenters. The van der Waals surface area contributed by atoms with Crippen molar-refractivity contribution in [3.8, 4) is 5.75 Å². The Kier molecular flexibility index (Phi) is 3.78. The van der Waals surface area contributed by atoms with E-state index in [1.54, 1.807) is 12.1 Å². The Morgan fingerprint density at radius 1 is 1.50 bits per heavy atom. The molecule has 14 heavy (non-hydrogen) atoms. The van der Waals surface area contributed by atoms with Crippen molar-refractivity contribution in [2.45, 2.75) is 6.92 Å². The molecule has 0 aliphatic heterocycles. The van der Waals surface area contributed by atoms with Crippen LogP contribution in [-0.2, 0) is 0 Å². The molecule has 0 aromatic heterocycles. The van der Waals surface area contributed by atoms with Gasteiger partial charge < -0.3 is 4.74 Å². The standard InChI is InChI=1S/C10H10Cl2O2/c1-6-3-8(12)10(14-2)4-7(6)9(13)5-11/h3-4H,5H2,1-2H3. The highest BCUT2D eigenvalue weighted by molar-refractivity contribution is 6.33. The molecule has 1 rings (SSSR count). The van der Waals surface area contributed by atoms with Crippen LogP contribution in [0.3, 0.4) is 0 Å². The van der Waals surface area contributed by atoms with E-state index >= 15 is 0 Å². The fraction of sp³-hybridized carbons (Fsp3) is 0.300. The normalized spacial score (nSPS) is 10.0. The van der Waals surface area contributed by atoms with E-state index < -0.39 is 0 Å². The summed E-state index contributed by atoms with van der Waals surface area (Å²) in [5.41, 5.74) is 1.36. The van der Waals surface area contributed by atoms with Crippen molar-refractivity contribution in [3.63, 3.8) is 0 Å². The molecule has 0 bridgehead atoms. The molecule has 0 N–H and O–H groups in total. The summed E-state index contributed by atoms with van der Waals surface area (Å²) in [7, 11) is 1.51. The molecule has 0 heterocycles. The van der Waals surface area contributed by atoms with Gasteiger partial charge in [0.15, 0.2) is 5.78 Å². The second kappa shape index (κ2) is 4.67. The van der Waals surface area contributed by atoms with E-state index in [-0.39, 0.29) is 11.7 Å². The van der Waals surface area contributed by atoms with Gasteiger partial charge in [0.2, 0.25) is 0 Å². The van der Waals surface area contributed by atoms with Gasteiger partial charge in [0.05, 0.1) is 18.0 Å². The van der Waals surface area contributed by atoms with Crippen molar-refractivity contribution < 1.29 is 9.53 Å². The van der Waals surface area contributed by atoms with Gasteiger partial charge in [-0.1, -0.05) is 11.6 Å². The monoisotopic (exact) mass is 232 g/mol. The van der Waals surface area contributed by atoms with E-state index in [0.717, 1.165) is 5.56 Å². The number of Topliss-reactive ketones (excluding diaryl/α,β-unsaturated/α-hetero) is 1. The summed E-state index contributed by atoms with van der Waals surface area (Å²) in [6.45, 7) is 1.81. The molecule has 0 unspecified atom stereocenters. The van der Waals surface area contributed by atoms with Crippen LogP contribution >= 0.6 is 23.2 Å². The molecule has 1 aromatic rings. The largest absolute Gasteiger partial charge is 0.495 e. The lowest BCUT2D eigenvalue weighted by Gasteiger charge is -2.08. The zero-order valence-corrected chi connectivity index (χ0v) is 9.45. The van der Waals surface area contributed by atoms with Gasteiger partial charge in [0.1, 0.15) is 5.75 Å². The first kappa shape index (κ1) is 11.3. The van der Waals surface area contributed by atoms with Crippen LogP contribution in [0.5, 0.6) is 5.75 Å². The fourth-order valence-corrected chi connectivity index (χ4v) is 1.62. The number of alkyl halides is 1. The number of benzene rings is 1. The lowest BCUT2D eigenvalue weighted by atomic mass is 10.1. The van der Waals surface area contributed by atoms with Gasteiger partial charge >= 0.3 is 0 Å². The van der Waals surface area contributed by atoms with Gasteiger partial charge in [-0.2, -0.15) is 0 Å². The number of ketones is 1. The molecule has 0 spiro atoms. The lowest BCUT2D eigenvalue weighted by Crippen LogP contribution is -2.03. The number of carbonyl (C=O) groups is 1. The third-order valence-electron chi connectivity index (χ3n) is 1.92. The van der Waals surface area contributed by atoms with Crippen LogP contribution in [-0.4, -0.2) is 18.8 Å². The summed E-state index contributed by atoms with van der Waals surface area (Å²) in [5, 5.41) is 0.496. The second-order valence-electron chi connectivity index (χ2n) is 2.86. The molecule has 0 radical (unpaired) electrons. The molecule has 2 nitrogen and oxygen atoms in total. The third kappa shape index (κ3) is 2.20. The van der Waals surface area contributed by atoms with Crippen LogP contribution in [0.1, 0.15) is 15.9 Å². The van der Waals surface area contributed by atoms with Crippen molar-refractivity contribution >= 4 is 29.0 Å². The number of ether oxygens (including phenoxy) is 1. The van der Waals surface area contributed by atoms with E-state index in [4.69, 9.17) is 27.9 Å². The van der Waals surface area contributed by atoms with Crippen molar-refractivity contribution in [1.29, 1.82) is 0 Å². The number of aryl methyl sites for hydroxylation is 1. The summed E-state index contributed by atoms with van der Waals surface area (Å²) in [4.78, 5) is 11.4. The van der Waals surface area contributed by atoms with Gasteiger partial charge in [-0.15, -0.1) is 11.6 Å². The molecule has 0 fully saturated rings. The smallest absolute Gasteiger partial charge is 0.177 e. The molecule has 4 heteroatoms. The average molecular weight is 233 g/mol. The zero-order valence-electron chi connectivity index (χ0n) is 7.93. The summed E-state index contributed by atoms with van der Waals surface area (Å²) >= 11 is 11.4. The molecule has 1 aromatic carbocycles. The highest BCUT2D eigenvalue weighted by atomic mass is 35.5. The Bertz CT molecular complexity index is 361. The molecule has 0 aliphatic rings. The SMILES string of the molecule is COc1cc(C(=O)CCl)c(C)cc1Cl. The number of rotatable bonds is 3. The molecule has 0 amide bonds. The Labute approximate surface area is 92.8 Å². The fourth-order valence-electron chi connectivity index (χ4n) is 1.18. The second-order valence-corrected chi connectivity index (χ2v) is 3.53. The Morgan fingerprint density at radius 3 is 2.64 bits per heavy atom. The van der Waals surface area contributed by atoms with Crippen LogP contribution in [0.4, 0.5) is 0 Å². The molecule has 76 valence electrons. The molecule has 0 aliphatic carbocycles. The number of hydrogen-bond donors (Lipinski definition) is 0. The molecular weight excluding hydrogens is 223 g/mol.